The second-order valence-electron chi connectivity index (χ2n) is 5.21. The molecule has 4 nitrogen and oxygen atoms in total. The number of anilines is 2. The normalized spacial score (nSPS) is 10.5. The maximum Gasteiger partial charge on any atom is 0.224 e. The maximum atomic E-state index is 12.9. The highest BCUT2D eigenvalue weighted by Gasteiger charge is 2.07. The Kier molecular flexibility index (Phi) is 6.13. The predicted molar refractivity (Wildman–Crippen MR) is 88.6 cm³/mol. The van der Waals surface area contributed by atoms with Gasteiger partial charge in [0.1, 0.15) is 11.6 Å². The molecule has 1 aromatic carbocycles. The molecule has 5 heteroatoms. The molecular weight excluding hydrogens is 279 g/mol. The molecule has 0 atom stereocenters. The van der Waals surface area contributed by atoms with Gasteiger partial charge in [-0.15, -0.1) is 0 Å². The Morgan fingerprint density at radius 2 is 1.73 bits per heavy atom. The molecule has 0 saturated carbocycles. The van der Waals surface area contributed by atoms with Gasteiger partial charge < -0.3 is 10.2 Å². The van der Waals surface area contributed by atoms with E-state index in [0.29, 0.717) is 12.5 Å². The zero-order chi connectivity index (χ0) is 15.8. The molecule has 0 bridgehead atoms. The Labute approximate surface area is 131 Å². The molecule has 0 spiro atoms. The molecule has 0 fully saturated rings. The van der Waals surface area contributed by atoms with Crippen molar-refractivity contribution in [1.29, 1.82) is 0 Å². The lowest BCUT2D eigenvalue weighted by atomic mass is 10.2. The molecule has 0 unspecified atom stereocenters. The lowest BCUT2D eigenvalue weighted by Gasteiger charge is -2.22. The van der Waals surface area contributed by atoms with Crippen LogP contribution in [0.4, 0.5) is 16.2 Å². The van der Waals surface area contributed by atoms with Crippen LogP contribution in [0.15, 0.2) is 36.5 Å². The fourth-order valence-electron chi connectivity index (χ4n) is 2.27. The fourth-order valence-corrected chi connectivity index (χ4v) is 2.27. The van der Waals surface area contributed by atoms with Crippen LogP contribution >= 0.6 is 0 Å². The molecular formula is C17H23FN4. The molecule has 0 aliphatic rings. The quantitative estimate of drug-likeness (QED) is 0.804. The average Bonchev–Trinajstić information content (AvgIpc) is 2.54. The standard InChI is InChI=1S/C17H23FN4/c1-3-11-22(12-4-2)16-9-10-19-17(21-16)20-13-14-5-7-15(18)8-6-14/h5-10H,3-4,11-13H2,1-2H3,(H,19,20,21). The smallest absolute Gasteiger partial charge is 0.224 e. The summed E-state index contributed by atoms with van der Waals surface area (Å²) in [6.07, 6.45) is 3.94. The molecule has 0 aliphatic heterocycles. The number of nitrogens with zero attached hydrogens (tertiary/aromatic N) is 3. The van der Waals surface area contributed by atoms with Crippen LogP contribution in [0.5, 0.6) is 0 Å². The summed E-state index contributed by atoms with van der Waals surface area (Å²) in [7, 11) is 0. The predicted octanol–water partition coefficient (Wildman–Crippen LogP) is 3.85. The van der Waals surface area contributed by atoms with Gasteiger partial charge in [-0.25, -0.2) is 9.37 Å². The van der Waals surface area contributed by atoms with Gasteiger partial charge in [-0.1, -0.05) is 26.0 Å². The number of halogens is 1. The van der Waals surface area contributed by atoms with Gasteiger partial charge >= 0.3 is 0 Å². The summed E-state index contributed by atoms with van der Waals surface area (Å²) in [6, 6.07) is 8.37. The number of benzene rings is 1. The first-order valence-corrected chi connectivity index (χ1v) is 7.79. The topological polar surface area (TPSA) is 41.1 Å². The van der Waals surface area contributed by atoms with Gasteiger partial charge in [0.25, 0.3) is 0 Å². The minimum atomic E-state index is -0.225. The molecule has 22 heavy (non-hydrogen) atoms. The molecule has 0 aliphatic carbocycles. The molecule has 2 aromatic rings. The van der Waals surface area contributed by atoms with E-state index in [4.69, 9.17) is 0 Å². The van der Waals surface area contributed by atoms with Crippen LogP contribution in [0, 0.1) is 5.82 Å². The summed E-state index contributed by atoms with van der Waals surface area (Å²) < 4.78 is 12.9. The molecule has 0 amide bonds. The Balaban J connectivity index is 2.02. The number of hydrogen-bond donors (Lipinski definition) is 1. The fraction of sp³-hybridized carbons (Fsp3) is 0.412. The van der Waals surface area contributed by atoms with Crippen molar-refractivity contribution < 1.29 is 4.39 Å². The Bertz CT molecular complexity index is 565. The molecule has 2 rings (SSSR count). The van der Waals surface area contributed by atoms with Crippen molar-refractivity contribution in [2.75, 3.05) is 23.3 Å². The van der Waals surface area contributed by atoms with Crippen LogP contribution < -0.4 is 10.2 Å². The van der Waals surface area contributed by atoms with Crippen molar-refractivity contribution in [3.8, 4) is 0 Å². The minimum Gasteiger partial charge on any atom is -0.356 e. The third kappa shape index (κ3) is 4.69. The van der Waals surface area contributed by atoms with Gasteiger partial charge in [0, 0.05) is 25.8 Å². The third-order valence-corrected chi connectivity index (χ3v) is 3.32. The van der Waals surface area contributed by atoms with Crippen molar-refractivity contribution in [3.63, 3.8) is 0 Å². The molecule has 1 aromatic heterocycles. The van der Waals surface area contributed by atoms with Gasteiger partial charge in [0.2, 0.25) is 5.95 Å². The lowest BCUT2D eigenvalue weighted by molar-refractivity contribution is 0.627. The Morgan fingerprint density at radius 1 is 1.05 bits per heavy atom. The number of nitrogens with one attached hydrogen (secondary N) is 1. The van der Waals surface area contributed by atoms with Crippen LogP contribution in [0.1, 0.15) is 32.3 Å². The van der Waals surface area contributed by atoms with Crippen molar-refractivity contribution >= 4 is 11.8 Å². The van der Waals surface area contributed by atoms with E-state index >= 15 is 0 Å². The van der Waals surface area contributed by atoms with Crippen LogP contribution in [-0.4, -0.2) is 23.1 Å². The van der Waals surface area contributed by atoms with E-state index in [1.807, 2.05) is 6.07 Å². The minimum absolute atomic E-state index is 0.225. The summed E-state index contributed by atoms with van der Waals surface area (Å²) >= 11 is 0. The highest BCUT2D eigenvalue weighted by Crippen LogP contribution is 2.14. The van der Waals surface area contributed by atoms with Crippen LogP contribution in [0.2, 0.25) is 0 Å². The van der Waals surface area contributed by atoms with Gasteiger partial charge in [-0.2, -0.15) is 4.98 Å². The van der Waals surface area contributed by atoms with Crippen LogP contribution in [0.25, 0.3) is 0 Å². The van der Waals surface area contributed by atoms with Crippen molar-refractivity contribution in [2.45, 2.75) is 33.2 Å². The monoisotopic (exact) mass is 302 g/mol. The van der Waals surface area contributed by atoms with E-state index in [2.05, 4.69) is 34.0 Å². The molecule has 118 valence electrons. The summed E-state index contributed by atoms with van der Waals surface area (Å²) in [4.78, 5) is 11.1. The average molecular weight is 302 g/mol. The van der Waals surface area contributed by atoms with Gasteiger partial charge in [0.05, 0.1) is 0 Å². The van der Waals surface area contributed by atoms with Gasteiger partial charge in [0.15, 0.2) is 0 Å². The molecule has 0 saturated heterocycles. The summed E-state index contributed by atoms with van der Waals surface area (Å²) in [5, 5.41) is 3.19. The van der Waals surface area contributed by atoms with E-state index in [0.717, 1.165) is 37.3 Å². The van der Waals surface area contributed by atoms with Crippen LogP contribution in [-0.2, 0) is 6.54 Å². The van der Waals surface area contributed by atoms with E-state index in [-0.39, 0.29) is 5.82 Å². The largest absolute Gasteiger partial charge is 0.356 e. The van der Waals surface area contributed by atoms with Gasteiger partial charge in [-0.3, -0.25) is 0 Å². The first-order chi connectivity index (χ1) is 10.7. The van der Waals surface area contributed by atoms with E-state index < -0.39 is 0 Å². The van der Waals surface area contributed by atoms with Crippen molar-refractivity contribution in [3.05, 3.63) is 47.9 Å². The second kappa shape index (κ2) is 8.32. The van der Waals surface area contributed by atoms with Crippen molar-refractivity contribution in [2.24, 2.45) is 0 Å². The molecule has 1 heterocycles. The van der Waals surface area contributed by atoms with Gasteiger partial charge in [-0.05, 0) is 36.6 Å². The number of hydrogen-bond acceptors (Lipinski definition) is 4. The number of rotatable bonds is 8. The zero-order valence-corrected chi connectivity index (χ0v) is 13.2. The van der Waals surface area contributed by atoms with E-state index in [9.17, 15) is 4.39 Å². The Morgan fingerprint density at radius 3 is 2.36 bits per heavy atom. The Hall–Kier alpha value is -2.17. The molecule has 0 radical (unpaired) electrons. The third-order valence-electron chi connectivity index (χ3n) is 3.32. The summed E-state index contributed by atoms with van der Waals surface area (Å²) in [6.45, 7) is 6.88. The summed E-state index contributed by atoms with van der Waals surface area (Å²) in [5.41, 5.74) is 0.995. The first kappa shape index (κ1) is 16.2. The first-order valence-electron chi connectivity index (χ1n) is 7.79. The van der Waals surface area contributed by atoms with E-state index in [1.165, 1.54) is 12.1 Å². The van der Waals surface area contributed by atoms with Crippen molar-refractivity contribution in [1.82, 2.24) is 9.97 Å². The summed E-state index contributed by atoms with van der Waals surface area (Å²) in [5.74, 6) is 1.32. The SMILES string of the molecule is CCCN(CCC)c1ccnc(NCc2ccc(F)cc2)n1. The maximum absolute atomic E-state index is 12.9. The molecule has 1 N–H and O–H groups in total. The number of aromatic nitrogens is 2. The highest BCUT2D eigenvalue weighted by atomic mass is 19.1. The lowest BCUT2D eigenvalue weighted by Crippen LogP contribution is -2.26. The zero-order valence-electron chi connectivity index (χ0n) is 13.2. The highest BCUT2D eigenvalue weighted by molar-refractivity contribution is 5.42. The van der Waals surface area contributed by atoms with E-state index in [1.54, 1.807) is 18.3 Å². The van der Waals surface area contributed by atoms with Crippen LogP contribution in [0.3, 0.4) is 0 Å². The second-order valence-corrected chi connectivity index (χ2v) is 5.21.